The van der Waals surface area contributed by atoms with Crippen molar-refractivity contribution in [2.24, 2.45) is 0 Å². The molecule has 1 heterocycles. The molecular formula is C17H23Cl2N3O3. The van der Waals surface area contributed by atoms with Crippen LogP contribution in [0.15, 0.2) is 24.3 Å². The van der Waals surface area contributed by atoms with E-state index in [2.05, 4.69) is 5.32 Å². The zero-order valence-electron chi connectivity index (χ0n) is 14.6. The number of hydrogen-bond donors (Lipinski definition) is 1. The van der Waals surface area contributed by atoms with Gasteiger partial charge in [-0.25, -0.2) is 14.0 Å². The number of benzene rings is 1. The van der Waals surface area contributed by atoms with Crippen LogP contribution in [0.4, 0.5) is 15.3 Å². The summed E-state index contributed by atoms with van der Waals surface area (Å²) in [4.78, 5) is 25.9. The SMILES string of the molecule is CC(C)(C)OC(=O)NC1CCN(C(=O)N(Cl)c2ccc(Cl)cc2)CC1. The highest BCUT2D eigenvalue weighted by atomic mass is 35.5. The number of hydrogen-bond acceptors (Lipinski definition) is 3. The highest BCUT2D eigenvalue weighted by Crippen LogP contribution is 2.22. The number of halogens is 2. The number of anilines is 1. The fourth-order valence-corrected chi connectivity index (χ4v) is 2.84. The second-order valence-electron chi connectivity index (χ2n) is 6.95. The second kappa shape index (κ2) is 8.15. The Morgan fingerprint density at radius 3 is 2.28 bits per heavy atom. The Kier molecular flexibility index (Phi) is 6.41. The summed E-state index contributed by atoms with van der Waals surface area (Å²) in [5, 5.41) is 3.42. The highest BCUT2D eigenvalue weighted by Gasteiger charge is 2.28. The summed E-state index contributed by atoms with van der Waals surface area (Å²) in [6, 6.07) is 6.42. The first-order chi connectivity index (χ1) is 11.7. The number of rotatable bonds is 2. The average molecular weight is 388 g/mol. The van der Waals surface area contributed by atoms with Crippen LogP contribution in [-0.4, -0.2) is 41.8 Å². The van der Waals surface area contributed by atoms with E-state index in [0.29, 0.717) is 36.6 Å². The van der Waals surface area contributed by atoms with Crippen LogP contribution in [-0.2, 0) is 4.74 Å². The first-order valence-corrected chi connectivity index (χ1v) is 8.87. The molecule has 0 saturated carbocycles. The zero-order chi connectivity index (χ0) is 18.6. The van der Waals surface area contributed by atoms with E-state index in [1.165, 1.54) is 0 Å². The van der Waals surface area contributed by atoms with Crippen molar-refractivity contribution in [1.29, 1.82) is 0 Å². The lowest BCUT2D eigenvalue weighted by atomic mass is 10.1. The van der Waals surface area contributed by atoms with Gasteiger partial charge in [0, 0.05) is 35.9 Å². The van der Waals surface area contributed by atoms with Crippen LogP contribution < -0.4 is 9.74 Å². The van der Waals surface area contributed by atoms with Crippen LogP contribution in [0, 0.1) is 0 Å². The number of alkyl carbamates (subject to hydrolysis) is 1. The van der Waals surface area contributed by atoms with Crippen molar-refractivity contribution in [2.45, 2.75) is 45.3 Å². The molecule has 0 unspecified atom stereocenters. The molecule has 8 heteroatoms. The fourth-order valence-electron chi connectivity index (χ4n) is 2.50. The third-order valence-corrected chi connectivity index (χ3v) is 4.30. The summed E-state index contributed by atoms with van der Waals surface area (Å²) in [5.41, 5.74) is 0.0309. The molecule has 2 rings (SSSR count). The molecule has 25 heavy (non-hydrogen) atoms. The molecule has 0 radical (unpaired) electrons. The maximum atomic E-state index is 12.5. The number of ether oxygens (including phenoxy) is 1. The first kappa shape index (κ1) is 19.7. The van der Waals surface area contributed by atoms with Gasteiger partial charge < -0.3 is 15.0 Å². The minimum atomic E-state index is -0.529. The molecule has 1 aliphatic rings. The Morgan fingerprint density at radius 1 is 1.20 bits per heavy atom. The molecule has 1 saturated heterocycles. The molecule has 0 bridgehead atoms. The third-order valence-electron chi connectivity index (χ3n) is 3.71. The Hall–Kier alpha value is -1.66. The number of nitrogens with one attached hydrogen (secondary N) is 1. The zero-order valence-corrected chi connectivity index (χ0v) is 16.1. The number of nitrogens with zero attached hydrogens (tertiary/aromatic N) is 2. The van der Waals surface area contributed by atoms with Crippen molar-refractivity contribution >= 4 is 41.2 Å². The molecule has 1 N–H and O–H groups in total. The van der Waals surface area contributed by atoms with E-state index >= 15 is 0 Å². The highest BCUT2D eigenvalue weighted by molar-refractivity contribution is 6.36. The van der Waals surface area contributed by atoms with E-state index in [9.17, 15) is 9.59 Å². The van der Waals surface area contributed by atoms with E-state index < -0.39 is 11.7 Å². The summed E-state index contributed by atoms with van der Waals surface area (Å²) in [7, 11) is 0. The van der Waals surface area contributed by atoms with Gasteiger partial charge in [-0.2, -0.15) is 0 Å². The maximum absolute atomic E-state index is 12.5. The van der Waals surface area contributed by atoms with Gasteiger partial charge in [-0.1, -0.05) is 11.6 Å². The van der Waals surface area contributed by atoms with Gasteiger partial charge in [0.1, 0.15) is 5.60 Å². The standard InChI is InChI=1S/C17H23Cl2N3O3/c1-17(2,3)25-15(23)20-13-8-10-21(11-9-13)16(24)22(19)14-6-4-12(18)5-7-14/h4-7,13H,8-11H2,1-3H3,(H,20,23). The largest absolute Gasteiger partial charge is 0.444 e. The maximum Gasteiger partial charge on any atom is 0.407 e. The van der Waals surface area contributed by atoms with Crippen molar-refractivity contribution in [3.8, 4) is 0 Å². The van der Waals surface area contributed by atoms with Crippen LogP contribution in [0.1, 0.15) is 33.6 Å². The molecule has 1 fully saturated rings. The normalized spacial score (nSPS) is 15.6. The van der Waals surface area contributed by atoms with Crippen LogP contribution in [0.25, 0.3) is 0 Å². The van der Waals surface area contributed by atoms with Gasteiger partial charge in [0.25, 0.3) is 0 Å². The molecule has 1 aromatic rings. The van der Waals surface area contributed by atoms with Crippen molar-refractivity contribution in [3.05, 3.63) is 29.3 Å². The lowest BCUT2D eigenvalue weighted by molar-refractivity contribution is 0.0486. The van der Waals surface area contributed by atoms with E-state index in [4.69, 9.17) is 28.1 Å². The predicted molar refractivity (Wildman–Crippen MR) is 99.1 cm³/mol. The van der Waals surface area contributed by atoms with Gasteiger partial charge in [-0.05, 0) is 57.9 Å². The average Bonchev–Trinajstić information content (AvgIpc) is 2.53. The molecule has 0 aromatic heterocycles. The van der Waals surface area contributed by atoms with Crippen molar-refractivity contribution in [3.63, 3.8) is 0 Å². The van der Waals surface area contributed by atoms with Crippen molar-refractivity contribution < 1.29 is 14.3 Å². The Labute approximate surface area is 158 Å². The van der Waals surface area contributed by atoms with Crippen LogP contribution >= 0.6 is 23.4 Å². The Balaban J connectivity index is 1.84. The van der Waals surface area contributed by atoms with Gasteiger partial charge >= 0.3 is 12.1 Å². The summed E-state index contributed by atoms with van der Waals surface area (Å²) >= 11 is 12.0. The smallest absolute Gasteiger partial charge is 0.407 e. The molecule has 1 aromatic carbocycles. The number of likely N-dealkylation sites (tertiary alicyclic amines) is 1. The van der Waals surface area contributed by atoms with Crippen molar-refractivity contribution in [2.75, 3.05) is 17.5 Å². The lowest BCUT2D eigenvalue weighted by Crippen LogP contribution is -2.49. The van der Waals surface area contributed by atoms with Crippen LogP contribution in [0.3, 0.4) is 0 Å². The number of urea groups is 1. The van der Waals surface area contributed by atoms with E-state index in [0.717, 1.165) is 4.42 Å². The van der Waals surface area contributed by atoms with Gasteiger partial charge in [0.05, 0.1) is 5.69 Å². The fraction of sp³-hybridized carbons (Fsp3) is 0.529. The molecular weight excluding hydrogens is 365 g/mol. The Bertz CT molecular complexity index is 609. The predicted octanol–water partition coefficient (Wildman–Crippen LogP) is 4.41. The summed E-state index contributed by atoms with van der Waals surface area (Å²) in [5.74, 6) is 0. The molecule has 138 valence electrons. The summed E-state index contributed by atoms with van der Waals surface area (Å²) in [6.45, 7) is 6.48. The summed E-state index contributed by atoms with van der Waals surface area (Å²) in [6.07, 6.45) is 0.865. The molecule has 6 nitrogen and oxygen atoms in total. The van der Waals surface area contributed by atoms with E-state index in [1.54, 1.807) is 29.2 Å². The van der Waals surface area contributed by atoms with Gasteiger partial charge in [0.15, 0.2) is 0 Å². The first-order valence-electron chi connectivity index (χ1n) is 8.15. The topological polar surface area (TPSA) is 61.9 Å². The van der Waals surface area contributed by atoms with E-state index in [1.807, 2.05) is 20.8 Å². The minimum absolute atomic E-state index is 0.0155. The van der Waals surface area contributed by atoms with Crippen LogP contribution in [0.5, 0.6) is 0 Å². The summed E-state index contributed by atoms with van der Waals surface area (Å²) < 4.78 is 6.33. The number of carbonyl (C=O) groups excluding carboxylic acids is 2. The monoisotopic (exact) mass is 387 g/mol. The third kappa shape index (κ3) is 5.97. The molecule has 1 aliphatic heterocycles. The quantitative estimate of drug-likeness (QED) is 0.764. The Morgan fingerprint density at radius 2 is 1.76 bits per heavy atom. The van der Waals surface area contributed by atoms with Crippen LogP contribution in [0.2, 0.25) is 5.02 Å². The second-order valence-corrected chi connectivity index (χ2v) is 7.72. The van der Waals surface area contributed by atoms with Gasteiger partial charge in [0.2, 0.25) is 0 Å². The minimum Gasteiger partial charge on any atom is -0.444 e. The molecule has 0 aliphatic carbocycles. The van der Waals surface area contributed by atoms with Gasteiger partial charge in [-0.3, -0.25) is 0 Å². The number of amides is 3. The lowest BCUT2D eigenvalue weighted by Gasteiger charge is -2.34. The van der Waals surface area contributed by atoms with Crippen molar-refractivity contribution in [1.82, 2.24) is 10.2 Å². The molecule has 0 atom stereocenters. The molecule has 0 spiro atoms. The number of piperidine rings is 1. The molecule has 3 amide bonds. The number of carbonyl (C=O) groups is 2. The van der Waals surface area contributed by atoms with Gasteiger partial charge in [-0.15, -0.1) is 0 Å². The van der Waals surface area contributed by atoms with E-state index in [-0.39, 0.29) is 12.1 Å².